The molecule has 0 atom stereocenters. The molecule has 1 heterocycles. The first-order valence-corrected chi connectivity index (χ1v) is 6.85. The molecular formula is C17H18N2O. The van der Waals surface area contributed by atoms with Crippen LogP contribution in [0.25, 0.3) is 10.9 Å². The normalized spacial score (nSPS) is 10.8. The molecule has 3 aromatic rings. The van der Waals surface area contributed by atoms with Crippen molar-refractivity contribution < 1.29 is 4.74 Å². The molecule has 0 spiro atoms. The van der Waals surface area contributed by atoms with Gasteiger partial charge in [-0.2, -0.15) is 0 Å². The average Bonchev–Trinajstić information content (AvgIpc) is 2.89. The van der Waals surface area contributed by atoms with E-state index in [0.29, 0.717) is 6.61 Å². The Morgan fingerprint density at radius 3 is 2.60 bits per heavy atom. The fourth-order valence-corrected chi connectivity index (χ4v) is 2.32. The van der Waals surface area contributed by atoms with Gasteiger partial charge in [0.1, 0.15) is 5.75 Å². The number of fused-ring (bicyclic) bond motifs is 1. The van der Waals surface area contributed by atoms with Gasteiger partial charge in [0, 0.05) is 23.9 Å². The number of anilines is 1. The summed E-state index contributed by atoms with van der Waals surface area (Å²) in [4.78, 5) is 0. The maximum Gasteiger partial charge on any atom is 0.119 e. The zero-order chi connectivity index (χ0) is 13.8. The van der Waals surface area contributed by atoms with Crippen LogP contribution < -0.4 is 10.5 Å². The fourth-order valence-electron chi connectivity index (χ4n) is 2.32. The Labute approximate surface area is 118 Å². The monoisotopic (exact) mass is 266 g/mol. The van der Waals surface area contributed by atoms with Gasteiger partial charge in [0.15, 0.2) is 0 Å². The van der Waals surface area contributed by atoms with Crippen LogP contribution in [-0.2, 0) is 6.54 Å². The maximum atomic E-state index is 5.70. The van der Waals surface area contributed by atoms with E-state index in [4.69, 9.17) is 10.5 Å². The zero-order valence-corrected chi connectivity index (χ0v) is 11.3. The van der Waals surface area contributed by atoms with Crippen LogP contribution in [0.4, 0.5) is 5.69 Å². The summed E-state index contributed by atoms with van der Waals surface area (Å²) in [5.74, 6) is 0.872. The smallest absolute Gasteiger partial charge is 0.119 e. The number of aromatic nitrogens is 1. The Morgan fingerprint density at radius 1 is 0.950 bits per heavy atom. The van der Waals surface area contributed by atoms with Crippen molar-refractivity contribution >= 4 is 16.6 Å². The van der Waals surface area contributed by atoms with Gasteiger partial charge in [-0.25, -0.2) is 0 Å². The number of nitrogens with zero attached hydrogens (tertiary/aromatic N) is 1. The Balaban J connectivity index is 1.54. The summed E-state index contributed by atoms with van der Waals surface area (Å²) in [5.41, 5.74) is 7.68. The Hall–Kier alpha value is -2.42. The Kier molecular flexibility index (Phi) is 3.59. The first-order valence-electron chi connectivity index (χ1n) is 6.85. The van der Waals surface area contributed by atoms with Crippen LogP contribution in [0.3, 0.4) is 0 Å². The summed E-state index contributed by atoms with van der Waals surface area (Å²) in [5, 5.41) is 1.28. The molecule has 3 rings (SSSR count). The van der Waals surface area contributed by atoms with Gasteiger partial charge in [-0.15, -0.1) is 0 Å². The lowest BCUT2D eigenvalue weighted by Crippen LogP contribution is -2.03. The number of nitrogens with two attached hydrogens (primary N) is 1. The van der Waals surface area contributed by atoms with Crippen LogP contribution in [0.1, 0.15) is 6.42 Å². The third-order valence-corrected chi connectivity index (χ3v) is 3.37. The van der Waals surface area contributed by atoms with Crippen molar-refractivity contribution in [1.82, 2.24) is 4.57 Å². The predicted molar refractivity (Wildman–Crippen MR) is 82.9 cm³/mol. The molecule has 0 aliphatic heterocycles. The second-order valence-corrected chi connectivity index (χ2v) is 4.84. The SMILES string of the molecule is Nc1ccc(OCCCn2ccc3ccccc32)cc1. The van der Waals surface area contributed by atoms with E-state index in [1.807, 2.05) is 24.3 Å². The van der Waals surface area contributed by atoms with Gasteiger partial charge in [-0.3, -0.25) is 0 Å². The molecule has 3 heteroatoms. The van der Waals surface area contributed by atoms with Crippen LogP contribution in [0, 0.1) is 0 Å². The molecule has 1 aromatic heterocycles. The molecule has 0 amide bonds. The molecule has 0 unspecified atom stereocenters. The van der Waals surface area contributed by atoms with Crippen molar-refractivity contribution in [3.8, 4) is 5.75 Å². The third-order valence-electron chi connectivity index (χ3n) is 3.37. The number of ether oxygens (including phenoxy) is 1. The first-order chi connectivity index (χ1) is 9.83. The van der Waals surface area contributed by atoms with Gasteiger partial charge in [0.25, 0.3) is 0 Å². The minimum Gasteiger partial charge on any atom is -0.494 e. The third kappa shape index (κ3) is 2.77. The number of rotatable bonds is 5. The van der Waals surface area contributed by atoms with E-state index in [9.17, 15) is 0 Å². The molecule has 0 aliphatic carbocycles. The van der Waals surface area contributed by atoms with Crippen LogP contribution in [0.5, 0.6) is 5.75 Å². The Morgan fingerprint density at radius 2 is 1.75 bits per heavy atom. The van der Waals surface area contributed by atoms with Gasteiger partial charge in [0.05, 0.1) is 6.61 Å². The Bertz CT molecular complexity index is 686. The van der Waals surface area contributed by atoms with Gasteiger partial charge < -0.3 is 15.0 Å². The number of hydrogen-bond donors (Lipinski definition) is 1. The lowest BCUT2D eigenvalue weighted by molar-refractivity contribution is 0.302. The molecule has 20 heavy (non-hydrogen) atoms. The standard InChI is InChI=1S/C17H18N2O/c18-15-6-8-16(9-7-15)20-13-3-11-19-12-10-14-4-1-2-5-17(14)19/h1-2,4-10,12H,3,11,13,18H2. The summed E-state index contributed by atoms with van der Waals surface area (Å²) < 4.78 is 7.97. The maximum absolute atomic E-state index is 5.70. The highest BCUT2D eigenvalue weighted by molar-refractivity contribution is 5.79. The molecule has 0 bridgehead atoms. The molecule has 0 aliphatic rings. The molecule has 0 fully saturated rings. The topological polar surface area (TPSA) is 40.2 Å². The van der Waals surface area contributed by atoms with Crippen molar-refractivity contribution in [2.75, 3.05) is 12.3 Å². The van der Waals surface area contributed by atoms with Crippen LogP contribution in [0.2, 0.25) is 0 Å². The summed E-state index contributed by atoms with van der Waals surface area (Å²) >= 11 is 0. The summed E-state index contributed by atoms with van der Waals surface area (Å²) in [7, 11) is 0. The number of benzene rings is 2. The van der Waals surface area contributed by atoms with Crippen molar-refractivity contribution in [2.24, 2.45) is 0 Å². The average molecular weight is 266 g/mol. The highest BCUT2D eigenvalue weighted by Gasteiger charge is 2.00. The molecule has 0 saturated heterocycles. The van der Waals surface area contributed by atoms with Crippen molar-refractivity contribution in [3.63, 3.8) is 0 Å². The van der Waals surface area contributed by atoms with E-state index in [-0.39, 0.29) is 0 Å². The minimum absolute atomic E-state index is 0.705. The van der Waals surface area contributed by atoms with E-state index >= 15 is 0 Å². The lowest BCUT2D eigenvalue weighted by Gasteiger charge is -2.08. The summed E-state index contributed by atoms with van der Waals surface area (Å²) in [6.45, 7) is 1.67. The van der Waals surface area contributed by atoms with Crippen LogP contribution in [0.15, 0.2) is 60.8 Å². The highest BCUT2D eigenvalue weighted by Crippen LogP contribution is 2.16. The van der Waals surface area contributed by atoms with Gasteiger partial charge in [-0.05, 0) is 48.2 Å². The van der Waals surface area contributed by atoms with Crippen molar-refractivity contribution in [3.05, 3.63) is 60.8 Å². The van der Waals surface area contributed by atoms with Crippen molar-refractivity contribution in [2.45, 2.75) is 13.0 Å². The van der Waals surface area contributed by atoms with Crippen LogP contribution in [-0.4, -0.2) is 11.2 Å². The molecule has 2 aromatic carbocycles. The number of para-hydroxylation sites is 1. The lowest BCUT2D eigenvalue weighted by atomic mass is 10.2. The molecule has 0 radical (unpaired) electrons. The fraction of sp³-hybridized carbons (Fsp3) is 0.176. The van der Waals surface area contributed by atoms with E-state index < -0.39 is 0 Å². The van der Waals surface area contributed by atoms with Crippen LogP contribution >= 0.6 is 0 Å². The van der Waals surface area contributed by atoms with E-state index in [2.05, 4.69) is 41.1 Å². The minimum atomic E-state index is 0.705. The van der Waals surface area contributed by atoms with Gasteiger partial charge in [0.2, 0.25) is 0 Å². The van der Waals surface area contributed by atoms with Gasteiger partial charge >= 0.3 is 0 Å². The zero-order valence-electron chi connectivity index (χ0n) is 11.3. The molecule has 0 saturated carbocycles. The predicted octanol–water partition coefficient (Wildman–Crippen LogP) is 3.69. The summed E-state index contributed by atoms with van der Waals surface area (Å²) in [6.07, 6.45) is 3.11. The largest absolute Gasteiger partial charge is 0.494 e. The number of nitrogen functional groups attached to an aromatic ring is 1. The first kappa shape index (κ1) is 12.6. The van der Waals surface area contributed by atoms with Crippen molar-refractivity contribution in [1.29, 1.82) is 0 Å². The summed E-state index contributed by atoms with van der Waals surface area (Å²) in [6, 6.07) is 18.1. The molecule has 3 nitrogen and oxygen atoms in total. The van der Waals surface area contributed by atoms with E-state index in [1.165, 1.54) is 10.9 Å². The number of hydrogen-bond acceptors (Lipinski definition) is 2. The second-order valence-electron chi connectivity index (χ2n) is 4.84. The van der Waals surface area contributed by atoms with E-state index in [0.717, 1.165) is 24.4 Å². The number of aryl methyl sites for hydroxylation is 1. The second kappa shape index (κ2) is 5.70. The highest BCUT2D eigenvalue weighted by atomic mass is 16.5. The molecule has 102 valence electrons. The quantitative estimate of drug-likeness (QED) is 0.565. The van der Waals surface area contributed by atoms with Gasteiger partial charge in [-0.1, -0.05) is 18.2 Å². The molecule has 2 N–H and O–H groups in total. The van der Waals surface area contributed by atoms with E-state index in [1.54, 1.807) is 0 Å². The molecular weight excluding hydrogens is 248 g/mol.